The number of nitrogens with zero attached hydrogens (tertiary/aromatic N) is 1. The van der Waals surface area contributed by atoms with Crippen molar-refractivity contribution in [2.45, 2.75) is 27.2 Å². The van der Waals surface area contributed by atoms with Crippen LogP contribution in [-0.2, 0) is 24.8 Å². The van der Waals surface area contributed by atoms with Crippen LogP contribution < -0.4 is 5.44 Å². The number of hydrogen-bond acceptors (Lipinski definition) is 5. The minimum atomic E-state index is -3.81. The highest BCUT2D eigenvalue weighted by molar-refractivity contribution is 7.62. The number of aromatic nitrogens is 1. The molecule has 0 radical (unpaired) electrons. The Labute approximate surface area is 210 Å². The molecule has 188 valence electrons. The van der Waals surface area contributed by atoms with Crippen LogP contribution in [0.15, 0.2) is 72.8 Å². The van der Waals surface area contributed by atoms with Crippen molar-refractivity contribution >= 4 is 29.8 Å². The molecule has 1 aromatic heterocycles. The van der Waals surface area contributed by atoms with E-state index >= 15 is 0 Å². The van der Waals surface area contributed by atoms with E-state index in [4.69, 9.17) is 13.8 Å². The summed E-state index contributed by atoms with van der Waals surface area (Å²) in [5.74, 6) is -0.830. The lowest BCUT2D eigenvalue weighted by atomic mass is 10.1. The molecule has 0 spiro atoms. The number of rotatable bonds is 10. The molecule has 0 atom stereocenters. The molecule has 8 heteroatoms. The molecule has 4 aromatic rings. The molecule has 0 aliphatic heterocycles. The van der Waals surface area contributed by atoms with Gasteiger partial charge in [0.2, 0.25) is 0 Å². The number of carbonyl (C=O) groups is 1. The monoisotopic (exact) mass is 509 g/mol. The lowest BCUT2D eigenvalue weighted by Crippen LogP contribution is -2.21. The van der Waals surface area contributed by atoms with E-state index in [1.807, 2.05) is 34.9 Å². The third-order valence-corrected chi connectivity index (χ3v) is 7.88. The van der Waals surface area contributed by atoms with Crippen molar-refractivity contribution in [3.8, 4) is 5.69 Å². The Hall–Kier alpha value is -3.25. The maximum absolute atomic E-state index is 14.5. The first-order valence-corrected chi connectivity index (χ1v) is 13.5. The summed E-state index contributed by atoms with van der Waals surface area (Å²) in [6, 6.07) is 21.0. The molecule has 0 bridgehead atoms. The Bertz CT molecular complexity index is 1390. The SMILES string of the molecule is CCOC(=O)c1ccc(-n2c(Cc3ccccc3)c3cc(F)ccc3c2P(=O)(OCC)OCC)cc1. The van der Waals surface area contributed by atoms with Gasteiger partial charge in [0.15, 0.2) is 0 Å². The summed E-state index contributed by atoms with van der Waals surface area (Å²) in [5.41, 5.74) is 3.09. The van der Waals surface area contributed by atoms with E-state index in [0.717, 1.165) is 11.3 Å². The Morgan fingerprint density at radius 2 is 1.53 bits per heavy atom. The van der Waals surface area contributed by atoms with Crippen LogP contribution in [0.25, 0.3) is 16.5 Å². The van der Waals surface area contributed by atoms with Gasteiger partial charge in [-0.1, -0.05) is 30.3 Å². The molecule has 0 aliphatic carbocycles. The van der Waals surface area contributed by atoms with Gasteiger partial charge < -0.3 is 18.4 Å². The van der Waals surface area contributed by atoms with Crippen molar-refractivity contribution in [1.29, 1.82) is 0 Å². The van der Waals surface area contributed by atoms with Gasteiger partial charge in [-0.15, -0.1) is 0 Å². The zero-order valence-corrected chi connectivity index (χ0v) is 21.5. The van der Waals surface area contributed by atoms with Crippen molar-refractivity contribution < 1.29 is 27.5 Å². The summed E-state index contributed by atoms with van der Waals surface area (Å²) >= 11 is 0. The number of halogens is 1. The molecule has 4 rings (SSSR count). The molecule has 0 unspecified atom stereocenters. The highest BCUT2D eigenvalue weighted by Crippen LogP contribution is 2.50. The molecule has 0 fully saturated rings. The van der Waals surface area contributed by atoms with Crippen molar-refractivity contribution in [3.63, 3.8) is 0 Å². The zero-order valence-electron chi connectivity index (χ0n) is 20.6. The van der Waals surface area contributed by atoms with Crippen LogP contribution in [0.5, 0.6) is 0 Å². The summed E-state index contributed by atoms with van der Waals surface area (Å²) < 4.78 is 47.2. The lowest BCUT2D eigenvalue weighted by Gasteiger charge is -2.21. The lowest BCUT2D eigenvalue weighted by molar-refractivity contribution is 0.0526. The van der Waals surface area contributed by atoms with E-state index in [9.17, 15) is 13.8 Å². The van der Waals surface area contributed by atoms with Gasteiger partial charge in [0.1, 0.15) is 11.3 Å². The summed E-state index contributed by atoms with van der Waals surface area (Å²) in [5, 5.41) is 1.20. The first-order valence-electron chi connectivity index (χ1n) is 12.0. The second-order valence-electron chi connectivity index (χ2n) is 8.06. The quantitative estimate of drug-likeness (QED) is 0.182. The van der Waals surface area contributed by atoms with Crippen LogP contribution in [0.1, 0.15) is 42.4 Å². The summed E-state index contributed by atoms with van der Waals surface area (Å²) in [6.45, 7) is 5.85. The molecular weight excluding hydrogens is 480 g/mol. The fourth-order valence-corrected chi connectivity index (χ4v) is 6.26. The topological polar surface area (TPSA) is 66.8 Å². The van der Waals surface area contributed by atoms with Crippen molar-refractivity contribution in [1.82, 2.24) is 4.57 Å². The Morgan fingerprint density at radius 1 is 0.861 bits per heavy atom. The first-order chi connectivity index (χ1) is 17.4. The van der Waals surface area contributed by atoms with E-state index in [1.54, 1.807) is 51.1 Å². The fraction of sp³-hybridized carbons (Fsp3) is 0.250. The van der Waals surface area contributed by atoms with Gasteiger partial charge in [0.25, 0.3) is 0 Å². The Balaban J connectivity index is 2.03. The Morgan fingerprint density at radius 3 is 2.14 bits per heavy atom. The van der Waals surface area contributed by atoms with Gasteiger partial charge in [0, 0.05) is 28.6 Å². The molecular formula is C28H29FNO5P. The van der Waals surface area contributed by atoms with Gasteiger partial charge in [-0.25, -0.2) is 9.18 Å². The standard InChI is InChI=1S/C28H29FNO5P/c1-4-33-28(31)21-12-15-23(16-13-21)30-26(18-20-10-8-7-9-11-20)25-19-22(29)14-17-24(25)27(30)36(32,34-5-2)35-6-3/h7-17,19H,4-6,18H2,1-3H3. The molecule has 36 heavy (non-hydrogen) atoms. The highest BCUT2D eigenvalue weighted by Gasteiger charge is 2.36. The summed E-state index contributed by atoms with van der Waals surface area (Å²) in [6.07, 6.45) is 0.443. The van der Waals surface area contributed by atoms with Gasteiger partial charge in [-0.3, -0.25) is 4.57 Å². The van der Waals surface area contributed by atoms with Gasteiger partial charge in [-0.2, -0.15) is 0 Å². The van der Waals surface area contributed by atoms with Crippen LogP contribution in [0.4, 0.5) is 4.39 Å². The van der Waals surface area contributed by atoms with Gasteiger partial charge in [-0.05, 0) is 68.8 Å². The first kappa shape index (κ1) is 25.8. The maximum Gasteiger partial charge on any atom is 0.378 e. The Kier molecular flexibility index (Phi) is 8.04. The maximum atomic E-state index is 14.5. The molecule has 1 heterocycles. The van der Waals surface area contributed by atoms with Gasteiger partial charge in [0.05, 0.1) is 25.4 Å². The van der Waals surface area contributed by atoms with Gasteiger partial charge >= 0.3 is 13.6 Å². The number of fused-ring (bicyclic) bond motifs is 1. The number of hydrogen-bond donors (Lipinski definition) is 0. The predicted octanol–water partition coefficient (Wildman–Crippen LogP) is 6.43. The van der Waals surface area contributed by atoms with Crippen LogP contribution in [0.2, 0.25) is 0 Å². The average Bonchev–Trinajstić information content (AvgIpc) is 3.19. The van der Waals surface area contributed by atoms with Crippen molar-refractivity contribution in [3.05, 3.63) is 95.4 Å². The molecule has 0 saturated carbocycles. The third kappa shape index (κ3) is 5.14. The average molecular weight is 510 g/mol. The van der Waals surface area contributed by atoms with Crippen LogP contribution in [0.3, 0.4) is 0 Å². The number of benzene rings is 3. The normalized spacial score (nSPS) is 11.7. The largest absolute Gasteiger partial charge is 0.462 e. The van der Waals surface area contributed by atoms with Crippen LogP contribution >= 0.6 is 7.60 Å². The van der Waals surface area contributed by atoms with E-state index in [0.29, 0.717) is 33.9 Å². The highest BCUT2D eigenvalue weighted by atomic mass is 31.2. The second kappa shape index (κ2) is 11.2. The van der Waals surface area contributed by atoms with E-state index in [2.05, 4.69) is 0 Å². The molecule has 0 aliphatic rings. The number of ether oxygens (including phenoxy) is 1. The smallest absolute Gasteiger partial charge is 0.378 e. The van der Waals surface area contributed by atoms with Crippen LogP contribution in [0, 0.1) is 5.82 Å². The van der Waals surface area contributed by atoms with Crippen LogP contribution in [-0.4, -0.2) is 30.4 Å². The van der Waals surface area contributed by atoms with E-state index < -0.39 is 19.4 Å². The minimum Gasteiger partial charge on any atom is -0.462 e. The third-order valence-electron chi connectivity index (χ3n) is 5.72. The van der Waals surface area contributed by atoms with E-state index in [1.165, 1.54) is 12.1 Å². The number of esters is 1. The molecule has 6 nitrogen and oxygen atoms in total. The summed E-state index contributed by atoms with van der Waals surface area (Å²) in [7, 11) is -3.81. The predicted molar refractivity (Wildman–Crippen MR) is 139 cm³/mol. The molecule has 3 aromatic carbocycles. The van der Waals surface area contributed by atoms with Crippen molar-refractivity contribution in [2.75, 3.05) is 19.8 Å². The zero-order chi connectivity index (χ0) is 25.7. The molecule has 0 saturated heterocycles. The minimum absolute atomic E-state index is 0.168. The molecule has 0 N–H and O–H groups in total. The molecule has 0 amide bonds. The number of carbonyl (C=O) groups excluding carboxylic acids is 1. The second-order valence-corrected chi connectivity index (χ2v) is 9.99. The summed E-state index contributed by atoms with van der Waals surface area (Å²) in [4.78, 5) is 12.2. The van der Waals surface area contributed by atoms with Crippen molar-refractivity contribution in [2.24, 2.45) is 0 Å². The fourth-order valence-electron chi connectivity index (χ4n) is 4.29. The van der Waals surface area contributed by atoms with E-state index in [-0.39, 0.29) is 19.8 Å².